The topological polar surface area (TPSA) is 12.0 Å². The first-order valence-electron chi connectivity index (χ1n) is 6.66. The smallest absolute Gasteiger partial charge is 0.0299 e. The molecule has 2 heteroatoms. The molecule has 1 aliphatic rings. The number of nitrogens with one attached hydrogen (secondary N) is 1. The van der Waals surface area contributed by atoms with Crippen molar-refractivity contribution in [3.05, 3.63) is 21.9 Å². The number of aryl methyl sites for hydroxylation is 1. The highest BCUT2D eigenvalue weighted by atomic mass is 32.1. The molecule has 1 nitrogen and oxygen atoms in total. The summed E-state index contributed by atoms with van der Waals surface area (Å²) in [5.41, 5.74) is 0. The monoisotopic (exact) mass is 237 g/mol. The summed E-state index contributed by atoms with van der Waals surface area (Å²) in [6.07, 6.45) is 8.44. The lowest BCUT2D eigenvalue weighted by Crippen LogP contribution is -2.16. The summed E-state index contributed by atoms with van der Waals surface area (Å²) >= 11 is 1.95. The molecular formula is C14H23NS. The van der Waals surface area contributed by atoms with Gasteiger partial charge in [0.25, 0.3) is 0 Å². The van der Waals surface area contributed by atoms with Crippen LogP contribution in [0.5, 0.6) is 0 Å². The zero-order valence-electron chi connectivity index (χ0n) is 10.3. The van der Waals surface area contributed by atoms with Gasteiger partial charge >= 0.3 is 0 Å². The second-order valence-electron chi connectivity index (χ2n) is 4.84. The molecule has 0 spiro atoms. The lowest BCUT2D eigenvalue weighted by molar-refractivity contribution is 0.478. The highest BCUT2D eigenvalue weighted by Crippen LogP contribution is 2.27. The summed E-state index contributed by atoms with van der Waals surface area (Å²) in [6, 6.07) is 4.53. The average Bonchev–Trinajstić information content (AvgIpc) is 2.95. The van der Waals surface area contributed by atoms with E-state index in [9.17, 15) is 0 Å². The molecule has 0 bridgehead atoms. The van der Waals surface area contributed by atoms with Gasteiger partial charge in [-0.15, -0.1) is 11.3 Å². The van der Waals surface area contributed by atoms with Gasteiger partial charge in [0.2, 0.25) is 0 Å². The van der Waals surface area contributed by atoms with E-state index in [2.05, 4.69) is 24.4 Å². The Hall–Kier alpha value is -0.340. The van der Waals surface area contributed by atoms with Crippen molar-refractivity contribution in [2.45, 2.75) is 52.0 Å². The van der Waals surface area contributed by atoms with Crippen LogP contribution in [0, 0.1) is 5.92 Å². The Kier molecular flexibility index (Phi) is 4.86. The van der Waals surface area contributed by atoms with E-state index in [1.54, 1.807) is 0 Å². The van der Waals surface area contributed by atoms with Crippen LogP contribution in [0.3, 0.4) is 0 Å². The Morgan fingerprint density at radius 3 is 2.69 bits per heavy atom. The van der Waals surface area contributed by atoms with E-state index < -0.39 is 0 Å². The minimum Gasteiger partial charge on any atom is -0.312 e. The summed E-state index contributed by atoms with van der Waals surface area (Å²) < 4.78 is 0. The molecule has 1 aliphatic carbocycles. The molecule has 1 saturated carbocycles. The first-order valence-corrected chi connectivity index (χ1v) is 7.48. The maximum atomic E-state index is 3.58. The summed E-state index contributed by atoms with van der Waals surface area (Å²) in [6.45, 7) is 4.49. The van der Waals surface area contributed by atoms with Gasteiger partial charge in [0.05, 0.1) is 0 Å². The minimum absolute atomic E-state index is 1.02. The van der Waals surface area contributed by atoms with Crippen molar-refractivity contribution in [2.24, 2.45) is 5.92 Å². The third kappa shape index (κ3) is 3.60. The number of hydrogen-bond donors (Lipinski definition) is 1. The molecule has 1 fully saturated rings. The van der Waals surface area contributed by atoms with Gasteiger partial charge in [0, 0.05) is 16.3 Å². The summed E-state index contributed by atoms with van der Waals surface area (Å²) in [7, 11) is 0. The first kappa shape index (κ1) is 12.1. The quantitative estimate of drug-likeness (QED) is 0.738. The van der Waals surface area contributed by atoms with Gasteiger partial charge in [0.15, 0.2) is 0 Å². The summed E-state index contributed by atoms with van der Waals surface area (Å²) in [4.78, 5) is 3.00. The van der Waals surface area contributed by atoms with Crippen molar-refractivity contribution in [1.82, 2.24) is 5.32 Å². The molecule has 1 aromatic heterocycles. The van der Waals surface area contributed by atoms with Crippen LogP contribution in [-0.4, -0.2) is 6.54 Å². The SMILES string of the molecule is CCc1ccc(CNCCC2CCCC2)s1. The van der Waals surface area contributed by atoms with Gasteiger partial charge in [-0.05, 0) is 37.4 Å². The van der Waals surface area contributed by atoms with Crippen LogP contribution in [-0.2, 0) is 13.0 Å². The second-order valence-corrected chi connectivity index (χ2v) is 6.09. The average molecular weight is 237 g/mol. The zero-order valence-corrected chi connectivity index (χ0v) is 11.1. The van der Waals surface area contributed by atoms with Gasteiger partial charge < -0.3 is 5.32 Å². The Bertz CT molecular complexity index is 299. The van der Waals surface area contributed by atoms with Gasteiger partial charge in [-0.25, -0.2) is 0 Å². The van der Waals surface area contributed by atoms with Crippen LogP contribution < -0.4 is 5.32 Å². The van der Waals surface area contributed by atoms with E-state index in [1.165, 1.54) is 54.8 Å². The fraction of sp³-hybridized carbons (Fsp3) is 0.714. The highest BCUT2D eigenvalue weighted by molar-refractivity contribution is 7.11. The van der Waals surface area contributed by atoms with E-state index in [4.69, 9.17) is 0 Å². The van der Waals surface area contributed by atoms with Crippen molar-refractivity contribution < 1.29 is 0 Å². The molecule has 0 aromatic carbocycles. The third-order valence-electron chi connectivity index (χ3n) is 3.57. The van der Waals surface area contributed by atoms with Crippen LogP contribution in [0.1, 0.15) is 48.8 Å². The fourth-order valence-electron chi connectivity index (χ4n) is 2.52. The molecule has 1 N–H and O–H groups in total. The van der Waals surface area contributed by atoms with Gasteiger partial charge in [-0.3, -0.25) is 0 Å². The van der Waals surface area contributed by atoms with Crippen LogP contribution in [0.2, 0.25) is 0 Å². The first-order chi connectivity index (χ1) is 7.88. The standard InChI is InChI=1S/C14H23NS/c1-2-13-7-8-14(16-13)11-15-10-9-12-5-3-4-6-12/h7-8,12,15H,2-6,9-11H2,1H3. The fourth-order valence-corrected chi connectivity index (χ4v) is 3.45. The van der Waals surface area contributed by atoms with Gasteiger partial charge in [-0.1, -0.05) is 32.6 Å². The van der Waals surface area contributed by atoms with Gasteiger partial charge in [0.1, 0.15) is 0 Å². The Morgan fingerprint density at radius 2 is 2.00 bits per heavy atom. The number of hydrogen-bond acceptors (Lipinski definition) is 2. The van der Waals surface area contributed by atoms with E-state index >= 15 is 0 Å². The molecule has 1 heterocycles. The molecule has 0 unspecified atom stereocenters. The molecule has 0 aliphatic heterocycles. The van der Waals surface area contributed by atoms with Gasteiger partial charge in [-0.2, -0.15) is 0 Å². The Labute approximate surface area is 103 Å². The molecule has 0 saturated heterocycles. The Balaban J connectivity index is 1.60. The van der Waals surface area contributed by atoms with Crippen LogP contribution in [0.15, 0.2) is 12.1 Å². The molecule has 0 radical (unpaired) electrons. The van der Waals surface area contributed by atoms with Crippen molar-refractivity contribution in [2.75, 3.05) is 6.54 Å². The predicted molar refractivity (Wildman–Crippen MR) is 72.0 cm³/mol. The molecular weight excluding hydrogens is 214 g/mol. The summed E-state index contributed by atoms with van der Waals surface area (Å²) in [5.74, 6) is 1.02. The molecule has 90 valence electrons. The van der Waals surface area contributed by atoms with Crippen molar-refractivity contribution in [1.29, 1.82) is 0 Å². The van der Waals surface area contributed by atoms with Crippen LogP contribution in [0.25, 0.3) is 0 Å². The van der Waals surface area contributed by atoms with E-state index in [0.717, 1.165) is 12.5 Å². The lowest BCUT2D eigenvalue weighted by Gasteiger charge is -2.08. The van der Waals surface area contributed by atoms with Crippen LogP contribution in [0.4, 0.5) is 0 Å². The lowest BCUT2D eigenvalue weighted by atomic mass is 10.0. The highest BCUT2D eigenvalue weighted by Gasteiger charge is 2.13. The van der Waals surface area contributed by atoms with Crippen LogP contribution >= 0.6 is 11.3 Å². The maximum absolute atomic E-state index is 3.58. The second kappa shape index (κ2) is 6.41. The number of thiophene rings is 1. The maximum Gasteiger partial charge on any atom is 0.0299 e. The van der Waals surface area contributed by atoms with E-state index in [-0.39, 0.29) is 0 Å². The summed E-state index contributed by atoms with van der Waals surface area (Å²) in [5, 5.41) is 3.58. The Morgan fingerprint density at radius 1 is 1.25 bits per heavy atom. The molecule has 0 amide bonds. The van der Waals surface area contributed by atoms with Crippen molar-refractivity contribution in [3.8, 4) is 0 Å². The minimum atomic E-state index is 1.02. The van der Waals surface area contributed by atoms with E-state index in [0.29, 0.717) is 0 Å². The predicted octanol–water partition coefficient (Wildman–Crippen LogP) is 3.98. The molecule has 1 aromatic rings. The normalized spacial score (nSPS) is 17.1. The van der Waals surface area contributed by atoms with E-state index in [1.807, 2.05) is 11.3 Å². The van der Waals surface area contributed by atoms with Crippen molar-refractivity contribution >= 4 is 11.3 Å². The largest absolute Gasteiger partial charge is 0.312 e. The number of rotatable bonds is 6. The zero-order chi connectivity index (χ0) is 11.2. The molecule has 2 rings (SSSR count). The third-order valence-corrected chi connectivity index (χ3v) is 4.80. The van der Waals surface area contributed by atoms with Crippen molar-refractivity contribution in [3.63, 3.8) is 0 Å². The molecule has 16 heavy (non-hydrogen) atoms. The molecule has 0 atom stereocenters.